The quantitative estimate of drug-likeness (QED) is 0.864. The molecule has 0 bridgehead atoms. The Kier molecular flexibility index (Phi) is 3.64. The second-order valence-electron chi connectivity index (χ2n) is 4.60. The SMILES string of the molecule is CNC(c1ccc(C(C)C)cc1)c1ccoc1. The van der Waals surface area contributed by atoms with Gasteiger partial charge in [-0.2, -0.15) is 0 Å². The van der Waals surface area contributed by atoms with Crippen molar-refractivity contribution in [3.63, 3.8) is 0 Å². The predicted octanol–water partition coefficient (Wildman–Crippen LogP) is 3.71. The van der Waals surface area contributed by atoms with Crippen LogP contribution in [0.1, 0.15) is 42.5 Å². The Bertz CT molecular complexity index is 442. The van der Waals surface area contributed by atoms with E-state index in [-0.39, 0.29) is 6.04 Å². The summed E-state index contributed by atoms with van der Waals surface area (Å²) in [5.41, 5.74) is 3.79. The van der Waals surface area contributed by atoms with Crippen LogP contribution in [0, 0.1) is 0 Å². The third kappa shape index (κ3) is 2.59. The maximum Gasteiger partial charge on any atom is 0.0953 e. The fraction of sp³-hybridized carbons (Fsp3) is 0.333. The predicted molar refractivity (Wildman–Crippen MR) is 70.1 cm³/mol. The van der Waals surface area contributed by atoms with Crippen LogP contribution in [0.4, 0.5) is 0 Å². The van der Waals surface area contributed by atoms with E-state index in [0.717, 1.165) is 5.56 Å². The van der Waals surface area contributed by atoms with Gasteiger partial charge >= 0.3 is 0 Å². The highest BCUT2D eigenvalue weighted by atomic mass is 16.3. The van der Waals surface area contributed by atoms with E-state index in [2.05, 4.69) is 43.4 Å². The molecule has 0 aliphatic carbocycles. The van der Waals surface area contributed by atoms with Gasteiger partial charge in [-0.1, -0.05) is 38.1 Å². The van der Waals surface area contributed by atoms with Crippen molar-refractivity contribution in [1.82, 2.24) is 5.32 Å². The van der Waals surface area contributed by atoms with Crippen LogP contribution in [0.3, 0.4) is 0 Å². The molecule has 0 aliphatic heterocycles. The minimum atomic E-state index is 0.204. The molecule has 2 heteroatoms. The maximum atomic E-state index is 5.14. The zero-order valence-corrected chi connectivity index (χ0v) is 10.6. The fourth-order valence-electron chi connectivity index (χ4n) is 2.04. The molecule has 17 heavy (non-hydrogen) atoms. The summed E-state index contributed by atoms with van der Waals surface area (Å²) < 4.78 is 5.14. The van der Waals surface area contributed by atoms with Gasteiger partial charge in [-0.25, -0.2) is 0 Å². The lowest BCUT2D eigenvalue weighted by Crippen LogP contribution is -2.16. The summed E-state index contributed by atoms with van der Waals surface area (Å²) >= 11 is 0. The lowest BCUT2D eigenvalue weighted by Gasteiger charge is -2.16. The lowest BCUT2D eigenvalue weighted by molar-refractivity contribution is 0.557. The van der Waals surface area contributed by atoms with E-state index in [1.165, 1.54) is 11.1 Å². The molecular weight excluding hydrogens is 210 g/mol. The smallest absolute Gasteiger partial charge is 0.0953 e. The standard InChI is InChI=1S/C15H19NO/c1-11(2)12-4-6-13(7-5-12)15(16-3)14-8-9-17-10-14/h4-11,15-16H,1-3H3. The number of furan rings is 1. The summed E-state index contributed by atoms with van der Waals surface area (Å²) in [7, 11) is 1.97. The van der Waals surface area contributed by atoms with Gasteiger partial charge in [0, 0.05) is 5.56 Å². The molecule has 1 atom stereocenters. The first-order valence-corrected chi connectivity index (χ1v) is 6.01. The highest BCUT2D eigenvalue weighted by molar-refractivity contribution is 5.32. The zero-order chi connectivity index (χ0) is 12.3. The van der Waals surface area contributed by atoms with E-state index >= 15 is 0 Å². The molecule has 2 aromatic rings. The van der Waals surface area contributed by atoms with E-state index in [1.54, 1.807) is 12.5 Å². The summed E-state index contributed by atoms with van der Waals surface area (Å²) in [5.74, 6) is 0.575. The second kappa shape index (κ2) is 5.19. The van der Waals surface area contributed by atoms with Crippen molar-refractivity contribution in [1.29, 1.82) is 0 Å². The van der Waals surface area contributed by atoms with Crippen LogP contribution in [0.15, 0.2) is 47.3 Å². The first-order chi connectivity index (χ1) is 8.22. The third-order valence-electron chi connectivity index (χ3n) is 3.10. The van der Waals surface area contributed by atoms with Crippen molar-refractivity contribution >= 4 is 0 Å². The van der Waals surface area contributed by atoms with E-state index < -0.39 is 0 Å². The van der Waals surface area contributed by atoms with Gasteiger partial charge in [0.05, 0.1) is 18.6 Å². The van der Waals surface area contributed by atoms with Gasteiger partial charge in [0.1, 0.15) is 0 Å². The molecule has 0 spiro atoms. The fourth-order valence-corrected chi connectivity index (χ4v) is 2.04. The van der Waals surface area contributed by atoms with Crippen LogP contribution < -0.4 is 5.32 Å². The highest BCUT2D eigenvalue weighted by Gasteiger charge is 2.12. The van der Waals surface area contributed by atoms with Crippen molar-refractivity contribution < 1.29 is 4.42 Å². The second-order valence-corrected chi connectivity index (χ2v) is 4.60. The minimum absolute atomic E-state index is 0.204. The Morgan fingerprint density at radius 2 is 1.59 bits per heavy atom. The van der Waals surface area contributed by atoms with Crippen LogP contribution in [0.25, 0.3) is 0 Å². The molecule has 1 heterocycles. The van der Waals surface area contributed by atoms with Gasteiger partial charge in [-0.3, -0.25) is 0 Å². The van der Waals surface area contributed by atoms with Gasteiger partial charge in [-0.05, 0) is 30.2 Å². The number of hydrogen-bond acceptors (Lipinski definition) is 2. The molecular formula is C15H19NO. The first-order valence-electron chi connectivity index (χ1n) is 6.01. The average molecular weight is 229 g/mol. The van der Waals surface area contributed by atoms with Gasteiger partial charge in [-0.15, -0.1) is 0 Å². The Morgan fingerprint density at radius 3 is 2.06 bits per heavy atom. The van der Waals surface area contributed by atoms with Crippen molar-refractivity contribution in [3.05, 3.63) is 59.5 Å². The molecule has 1 N–H and O–H groups in total. The number of hydrogen-bond donors (Lipinski definition) is 1. The Hall–Kier alpha value is -1.54. The largest absolute Gasteiger partial charge is 0.472 e. The monoisotopic (exact) mass is 229 g/mol. The molecule has 0 radical (unpaired) electrons. The summed E-state index contributed by atoms with van der Waals surface area (Å²) in [4.78, 5) is 0. The van der Waals surface area contributed by atoms with Gasteiger partial charge in [0.2, 0.25) is 0 Å². The van der Waals surface area contributed by atoms with Crippen molar-refractivity contribution in [2.24, 2.45) is 0 Å². The maximum absolute atomic E-state index is 5.14. The third-order valence-corrected chi connectivity index (χ3v) is 3.10. The highest BCUT2D eigenvalue weighted by Crippen LogP contribution is 2.24. The van der Waals surface area contributed by atoms with Gasteiger partial charge < -0.3 is 9.73 Å². The number of benzene rings is 1. The number of nitrogens with one attached hydrogen (secondary N) is 1. The summed E-state index contributed by atoms with van der Waals surface area (Å²) in [5, 5.41) is 3.31. The molecule has 90 valence electrons. The Balaban J connectivity index is 2.26. The van der Waals surface area contributed by atoms with Gasteiger partial charge in [0.15, 0.2) is 0 Å². The normalized spacial score (nSPS) is 12.9. The van der Waals surface area contributed by atoms with Crippen LogP contribution in [-0.4, -0.2) is 7.05 Å². The van der Waals surface area contributed by atoms with E-state index in [1.807, 2.05) is 13.1 Å². The average Bonchev–Trinajstić information content (AvgIpc) is 2.84. The van der Waals surface area contributed by atoms with Gasteiger partial charge in [0.25, 0.3) is 0 Å². The topological polar surface area (TPSA) is 25.2 Å². The molecule has 2 nitrogen and oxygen atoms in total. The van der Waals surface area contributed by atoms with Crippen LogP contribution in [-0.2, 0) is 0 Å². The van der Waals surface area contributed by atoms with Crippen molar-refractivity contribution in [2.45, 2.75) is 25.8 Å². The summed E-state index contributed by atoms with van der Waals surface area (Å²) in [6, 6.07) is 11.0. The summed E-state index contributed by atoms with van der Waals surface area (Å²) in [6.07, 6.45) is 3.50. The molecule has 0 saturated carbocycles. The molecule has 0 amide bonds. The Morgan fingerprint density at radius 1 is 0.941 bits per heavy atom. The first kappa shape index (κ1) is 11.9. The zero-order valence-electron chi connectivity index (χ0n) is 10.6. The van der Waals surface area contributed by atoms with E-state index in [4.69, 9.17) is 4.42 Å². The van der Waals surface area contributed by atoms with E-state index in [0.29, 0.717) is 5.92 Å². The molecule has 2 rings (SSSR count). The van der Waals surface area contributed by atoms with Crippen molar-refractivity contribution in [3.8, 4) is 0 Å². The number of rotatable bonds is 4. The Labute approximate surface area is 103 Å². The van der Waals surface area contributed by atoms with Crippen LogP contribution >= 0.6 is 0 Å². The van der Waals surface area contributed by atoms with Crippen LogP contribution in [0.5, 0.6) is 0 Å². The molecule has 1 unspecified atom stereocenters. The molecule has 1 aromatic carbocycles. The molecule has 1 aromatic heterocycles. The van der Waals surface area contributed by atoms with Crippen molar-refractivity contribution in [2.75, 3.05) is 7.05 Å². The minimum Gasteiger partial charge on any atom is -0.472 e. The molecule has 0 saturated heterocycles. The molecule has 0 aliphatic rings. The van der Waals surface area contributed by atoms with Crippen LogP contribution in [0.2, 0.25) is 0 Å². The lowest BCUT2D eigenvalue weighted by atomic mass is 9.97. The summed E-state index contributed by atoms with van der Waals surface area (Å²) in [6.45, 7) is 4.42. The molecule has 0 fully saturated rings. The van der Waals surface area contributed by atoms with E-state index in [9.17, 15) is 0 Å².